The molecule has 0 bridgehead atoms. The topological polar surface area (TPSA) is 216 Å². The number of urea groups is 1. The number of carbonyl (C=O) groups is 6. The van der Waals surface area contributed by atoms with Gasteiger partial charge in [0.15, 0.2) is 0 Å². The lowest BCUT2D eigenvalue weighted by molar-refractivity contribution is -0.142. The molecule has 6 N–H and O–H groups in total. The van der Waals surface area contributed by atoms with Gasteiger partial charge in [-0.3, -0.25) is 24.1 Å². The summed E-state index contributed by atoms with van der Waals surface area (Å²) in [6, 6.07) is -2.85. The van der Waals surface area contributed by atoms with Gasteiger partial charge < -0.3 is 41.0 Å². The molecule has 1 rings (SSSR count). The summed E-state index contributed by atoms with van der Waals surface area (Å²) >= 11 is 0. The lowest BCUT2D eigenvalue weighted by Gasteiger charge is -2.24. The van der Waals surface area contributed by atoms with Crippen LogP contribution in [0.1, 0.15) is 33.1 Å². The molecule has 0 aromatic heterocycles. The minimum Gasteiger partial charge on any atom is -0.480 e. The summed E-state index contributed by atoms with van der Waals surface area (Å²) < 4.78 is 16.0. The van der Waals surface area contributed by atoms with Gasteiger partial charge in [-0.15, -0.1) is 0 Å². The maximum Gasteiger partial charge on any atom is 0.326 e. The van der Waals surface area contributed by atoms with E-state index in [1.807, 2.05) is 0 Å². The van der Waals surface area contributed by atoms with E-state index < -0.39 is 35.9 Å². The van der Waals surface area contributed by atoms with Gasteiger partial charge in [-0.1, -0.05) is 13.8 Å². The first-order chi connectivity index (χ1) is 18.5. The van der Waals surface area contributed by atoms with E-state index in [1.165, 1.54) is 12.2 Å². The van der Waals surface area contributed by atoms with E-state index in [-0.39, 0.29) is 89.7 Å². The monoisotopic (exact) mass is 557 g/mol. The number of hydrogen-bond acceptors (Lipinski definition) is 9. The smallest absolute Gasteiger partial charge is 0.326 e. The molecule has 39 heavy (non-hydrogen) atoms. The van der Waals surface area contributed by atoms with Crippen LogP contribution in [0.3, 0.4) is 0 Å². The Bertz CT molecular complexity index is 861. The lowest BCUT2D eigenvalue weighted by Crippen LogP contribution is -2.53. The molecule has 1 aliphatic heterocycles. The molecule has 0 aromatic rings. The number of carboxylic acids is 1. The average molecular weight is 558 g/mol. The fraction of sp³-hybridized carbons (Fsp3) is 0.667. The van der Waals surface area contributed by atoms with Crippen molar-refractivity contribution in [2.24, 2.45) is 11.7 Å². The van der Waals surface area contributed by atoms with Gasteiger partial charge in [0.1, 0.15) is 12.1 Å². The highest BCUT2D eigenvalue weighted by Gasteiger charge is 2.28. The van der Waals surface area contributed by atoms with Crippen LogP contribution in [0.2, 0.25) is 0 Å². The van der Waals surface area contributed by atoms with Crippen LogP contribution in [-0.4, -0.2) is 110 Å². The van der Waals surface area contributed by atoms with Gasteiger partial charge in [0.25, 0.3) is 11.8 Å². The number of imide groups is 1. The first-order valence-corrected chi connectivity index (χ1v) is 12.7. The second-order valence-corrected chi connectivity index (χ2v) is 8.87. The number of primary amides is 1. The van der Waals surface area contributed by atoms with Crippen molar-refractivity contribution in [3.8, 4) is 0 Å². The van der Waals surface area contributed by atoms with Gasteiger partial charge in [-0.05, 0) is 18.8 Å². The maximum atomic E-state index is 12.6. The summed E-state index contributed by atoms with van der Waals surface area (Å²) in [6.45, 7) is 5.13. The molecular formula is C24H39N5O10. The number of rotatable bonds is 21. The molecule has 220 valence electrons. The van der Waals surface area contributed by atoms with Crippen LogP contribution in [0, 0.1) is 5.92 Å². The van der Waals surface area contributed by atoms with Crippen molar-refractivity contribution in [1.82, 2.24) is 20.9 Å². The maximum absolute atomic E-state index is 12.6. The van der Waals surface area contributed by atoms with Crippen molar-refractivity contribution < 1.29 is 48.1 Å². The first-order valence-electron chi connectivity index (χ1n) is 12.7. The van der Waals surface area contributed by atoms with Crippen LogP contribution in [-0.2, 0) is 38.2 Å². The predicted molar refractivity (Wildman–Crippen MR) is 136 cm³/mol. The van der Waals surface area contributed by atoms with Crippen molar-refractivity contribution in [2.75, 3.05) is 52.7 Å². The fourth-order valence-electron chi connectivity index (χ4n) is 3.33. The molecule has 6 amide bonds. The highest BCUT2D eigenvalue weighted by molar-refractivity contribution is 6.12. The van der Waals surface area contributed by atoms with Gasteiger partial charge in [0.2, 0.25) is 11.8 Å². The highest BCUT2D eigenvalue weighted by atomic mass is 16.5. The van der Waals surface area contributed by atoms with E-state index in [4.69, 9.17) is 19.9 Å². The zero-order valence-corrected chi connectivity index (χ0v) is 22.3. The van der Waals surface area contributed by atoms with Gasteiger partial charge in [0, 0.05) is 25.1 Å². The number of ether oxygens (including phenoxy) is 3. The van der Waals surface area contributed by atoms with Crippen molar-refractivity contribution in [3.63, 3.8) is 0 Å². The van der Waals surface area contributed by atoms with Crippen LogP contribution in [0.25, 0.3) is 0 Å². The van der Waals surface area contributed by atoms with Crippen molar-refractivity contribution >= 4 is 35.6 Å². The molecule has 2 unspecified atom stereocenters. The molecule has 0 aliphatic carbocycles. The quantitative estimate of drug-likeness (QED) is 0.0814. The van der Waals surface area contributed by atoms with Crippen molar-refractivity contribution in [1.29, 1.82) is 0 Å². The molecule has 1 aliphatic rings. The molecule has 0 radical (unpaired) electrons. The zero-order chi connectivity index (χ0) is 29.2. The summed E-state index contributed by atoms with van der Waals surface area (Å²) in [6.07, 6.45) is 2.77. The molecule has 0 fully saturated rings. The van der Waals surface area contributed by atoms with Gasteiger partial charge in [0.05, 0.1) is 46.2 Å². The third-order valence-corrected chi connectivity index (χ3v) is 5.43. The lowest BCUT2D eigenvalue weighted by atomic mass is 10.0. The molecule has 15 nitrogen and oxygen atoms in total. The number of nitrogens with one attached hydrogen (secondary N) is 3. The Morgan fingerprint density at radius 3 is 2.03 bits per heavy atom. The number of carboxylic acid groups (broad SMARTS) is 1. The SMILES string of the molecule is CC(C)C(NC(=O)CCOCCOCCOCCN1C(=O)C=CC1=O)C(=O)NC(CCCNC(N)=O)C(=O)O. The molecule has 0 aromatic carbocycles. The van der Waals surface area contributed by atoms with Gasteiger partial charge in [-0.2, -0.15) is 0 Å². The summed E-state index contributed by atoms with van der Waals surface area (Å²) in [5.41, 5.74) is 4.96. The number of amides is 6. The van der Waals surface area contributed by atoms with E-state index in [0.717, 1.165) is 4.90 Å². The Balaban J connectivity index is 2.18. The van der Waals surface area contributed by atoms with E-state index in [9.17, 15) is 33.9 Å². The van der Waals surface area contributed by atoms with Crippen molar-refractivity contribution in [2.45, 2.75) is 45.2 Å². The zero-order valence-electron chi connectivity index (χ0n) is 22.3. The molecule has 1 heterocycles. The molecule has 0 saturated carbocycles. The summed E-state index contributed by atoms with van der Waals surface area (Å²) in [5.74, 6) is -3.30. The van der Waals surface area contributed by atoms with Crippen LogP contribution in [0.4, 0.5) is 4.79 Å². The van der Waals surface area contributed by atoms with E-state index in [1.54, 1.807) is 13.8 Å². The van der Waals surface area contributed by atoms with Crippen LogP contribution in [0.15, 0.2) is 12.2 Å². The van der Waals surface area contributed by atoms with E-state index >= 15 is 0 Å². The average Bonchev–Trinajstić information content (AvgIpc) is 3.19. The highest BCUT2D eigenvalue weighted by Crippen LogP contribution is 2.06. The third kappa shape index (κ3) is 14.2. The molecule has 2 atom stereocenters. The Morgan fingerprint density at radius 2 is 1.49 bits per heavy atom. The number of nitrogens with two attached hydrogens (primary N) is 1. The van der Waals surface area contributed by atoms with Crippen LogP contribution >= 0.6 is 0 Å². The number of carbonyl (C=O) groups excluding carboxylic acids is 5. The third-order valence-electron chi connectivity index (χ3n) is 5.43. The largest absolute Gasteiger partial charge is 0.480 e. The molecular weight excluding hydrogens is 518 g/mol. The molecule has 0 saturated heterocycles. The number of hydrogen-bond donors (Lipinski definition) is 5. The number of aliphatic carboxylic acids is 1. The minimum atomic E-state index is -1.23. The predicted octanol–water partition coefficient (Wildman–Crippen LogP) is -1.49. The summed E-state index contributed by atoms with van der Waals surface area (Å²) in [5, 5.41) is 16.8. The Hall–Kier alpha value is -3.56. The second kappa shape index (κ2) is 18.7. The van der Waals surface area contributed by atoms with Gasteiger partial charge >= 0.3 is 12.0 Å². The van der Waals surface area contributed by atoms with E-state index in [2.05, 4.69) is 16.0 Å². The van der Waals surface area contributed by atoms with Gasteiger partial charge in [-0.25, -0.2) is 9.59 Å². The van der Waals surface area contributed by atoms with Crippen LogP contribution in [0.5, 0.6) is 0 Å². The fourth-order valence-corrected chi connectivity index (χ4v) is 3.33. The summed E-state index contributed by atoms with van der Waals surface area (Å²) in [4.78, 5) is 71.0. The van der Waals surface area contributed by atoms with E-state index in [0.29, 0.717) is 0 Å². The van der Waals surface area contributed by atoms with Crippen molar-refractivity contribution in [3.05, 3.63) is 12.2 Å². The Morgan fingerprint density at radius 1 is 0.923 bits per heavy atom. The normalized spacial score (nSPS) is 14.4. The standard InChI is InChI=1S/C24H39N5O10/c1-16(2)21(22(33)27-17(23(34)35)4-3-8-26-24(25)36)28-18(30)7-10-37-12-14-39-15-13-38-11-9-29-19(31)5-6-20(29)32/h5-6,16-17,21H,3-4,7-15H2,1-2H3,(H,27,33)(H,28,30)(H,34,35)(H3,25,26,36). The Labute approximate surface area is 226 Å². The molecule has 0 spiro atoms. The first kappa shape index (κ1) is 33.5. The summed E-state index contributed by atoms with van der Waals surface area (Å²) in [7, 11) is 0. The Kier molecular flexibility index (Phi) is 16.0. The minimum absolute atomic E-state index is 0.0104. The second-order valence-electron chi connectivity index (χ2n) is 8.87. The molecule has 15 heteroatoms. The number of nitrogens with zero attached hydrogens (tertiary/aromatic N) is 1. The van der Waals surface area contributed by atoms with Crippen LogP contribution < -0.4 is 21.7 Å².